The van der Waals surface area contributed by atoms with Gasteiger partial charge in [0.25, 0.3) is 5.91 Å². The molecule has 0 spiro atoms. The third-order valence-electron chi connectivity index (χ3n) is 2.21. The Hall–Kier alpha value is -2.08. The molecule has 3 nitrogen and oxygen atoms in total. The summed E-state index contributed by atoms with van der Waals surface area (Å²) < 4.78 is 0. The van der Waals surface area contributed by atoms with Gasteiger partial charge in [0.15, 0.2) is 0 Å². The number of amides is 1. The lowest BCUT2D eigenvalue weighted by molar-refractivity contribution is -0.110. The van der Waals surface area contributed by atoms with Crippen LogP contribution < -0.4 is 5.32 Å². The molecule has 1 N–H and O–H groups in total. The summed E-state index contributed by atoms with van der Waals surface area (Å²) in [6.45, 7) is 1.65. The van der Waals surface area contributed by atoms with Gasteiger partial charge in [0, 0.05) is 16.8 Å². The molecule has 0 unspecified atom stereocenters. The van der Waals surface area contributed by atoms with Gasteiger partial charge in [-0.3, -0.25) is 4.79 Å². The molecule has 1 aromatic rings. The Kier molecular flexibility index (Phi) is 1.83. The minimum Gasteiger partial charge on any atom is -0.321 e. The van der Waals surface area contributed by atoms with Crippen molar-refractivity contribution in [2.75, 3.05) is 5.32 Å². The van der Waals surface area contributed by atoms with E-state index in [9.17, 15) is 4.79 Å². The van der Waals surface area contributed by atoms with Crippen LogP contribution in [0.1, 0.15) is 12.5 Å². The van der Waals surface area contributed by atoms with Crippen LogP contribution in [-0.2, 0) is 4.79 Å². The van der Waals surface area contributed by atoms with E-state index in [-0.39, 0.29) is 5.91 Å². The maximum atomic E-state index is 11.5. The zero-order valence-corrected chi connectivity index (χ0v) is 7.66. The third kappa shape index (κ3) is 1.09. The molecule has 1 aliphatic rings. The van der Waals surface area contributed by atoms with Gasteiger partial charge in [-0.2, -0.15) is 5.26 Å². The Morgan fingerprint density at radius 3 is 2.86 bits per heavy atom. The monoisotopic (exact) mass is 184 g/mol. The number of carbonyl (C=O) groups is 1. The lowest BCUT2D eigenvalue weighted by atomic mass is 10.0. The highest BCUT2D eigenvalue weighted by Crippen LogP contribution is 2.32. The molecular weight excluding hydrogens is 176 g/mol. The second-order valence-electron chi connectivity index (χ2n) is 3.11. The van der Waals surface area contributed by atoms with Crippen molar-refractivity contribution in [2.45, 2.75) is 6.92 Å². The van der Waals surface area contributed by atoms with E-state index in [4.69, 9.17) is 5.26 Å². The number of carbonyl (C=O) groups excluding carboxylic acids is 1. The number of rotatable bonds is 0. The molecule has 0 fully saturated rings. The quantitative estimate of drug-likeness (QED) is 0.494. The minimum absolute atomic E-state index is 0.190. The summed E-state index contributed by atoms with van der Waals surface area (Å²) in [5, 5.41) is 11.5. The van der Waals surface area contributed by atoms with Crippen LogP contribution >= 0.6 is 0 Å². The molecule has 1 aromatic carbocycles. The third-order valence-corrected chi connectivity index (χ3v) is 2.21. The van der Waals surface area contributed by atoms with Gasteiger partial charge < -0.3 is 5.32 Å². The van der Waals surface area contributed by atoms with Gasteiger partial charge in [-0.1, -0.05) is 18.2 Å². The summed E-state index contributed by atoms with van der Waals surface area (Å²) in [6, 6.07) is 9.36. The minimum atomic E-state index is -0.190. The van der Waals surface area contributed by atoms with Crippen LogP contribution in [0.15, 0.2) is 29.8 Å². The zero-order chi connectivity index (χ0) is 10.1. The number of nitrogens with zero attached hydrogens (tertiary/aromatic N) is 1. The normalized spacial score (nSPS) is 17.0. The summed E-state index contributed by atoms with van der Waals surface area (Å²) in [6.07, 6.45) is 0. The van der Waals surface area contributed by atoms with E-state index in [1.54, 1.807) is 6.92 Å². The fourth-order valence-electron chi connectivity index (χ4n) is 1.55. The van der Waals surface area contributed by atoms with Crippen LogP contribution in [0.3, 0.4) is 0 Å². The highest BCUT2D eigenvalue weighted by molar-refractivity contribution is 6.32. The summed E-state index contributed by atoms with van der Waals surface area (Å²) in [5.41, 5.74) is 2.54. The number of fused-ring (bicyclic) bond motifs is 1. The van der Waals surface area contributed by atoms with Gasteiger partial charge in [-0.05, 0) is 13.0 Å². The van der Waals surface area contributed by atoms with Crippen molar-refractivity contribution in [2.24, 2.45) is 0 Å². The summed E-state index contributed by atoms with van der Waals surface area (Å²) in [5.74, 6) is -0.190. The lowest BCUT2D eigenvalue weighted by Crippen LogP contribution is -2.04. The molecular formula is C11H8N2O. The molecule has 14 heavy (non-hydrogen) atoms. The average molecular weight is 184 g/mol. The van der Waals surface area contributed by atoms with Gasteiger partial charge in [-0.25, -0.2) is 0 Å². The maximum Gasteiger partial charge on any atom is 0.257 e. The predicted molar refractivity (Wildman–Crippen MR) is 53.3 cm³/mol. The molecule has 1 amide bonds. The second-order valence-corrected chi connectivity index (χ2v) is 3.11. The Bertz CT molecular complexity index is 480. The van der Waals surface area contributed by atoms with Gasteiger partial charge >= 0.3 is 0 Å². The number of anilines is 1. The van der Waals surface area contributed by atoms with Crippen LogP contribution in [0.2, 0.25) is 0 Å². The first-order chi connectivity index (χ1) is 6.74. The summed E-state index contributed by atoms with van der Waals surface area (Å²) >= 11 is 0. The molecule has 0 aromatic heterocycles. The predicted octanol–water partition coefficient (Wildman–Crippen LogP) is 1.94. The molecule has 68 valence electrons. The molecule has 1 heterocycles. The second kappa shape index (κ2) is 3.00. The fraction of sp³-hybridized carbons (Fsp3) is 0.0909. The van der Waals surface area contributed by atoms with E-state index < -0.39 is 0 Å². The number of para-hydroxylation sites is 1. The van der Waals surface area contributed by atoms with Crippen LogP contribution in [0.4, 0.5) is 5.69 Å². The molecule has 1 aliphatic heterocycles. The highest BCUT2D eigenvalue weighted by Gasteiger charge is 2.25. The van der Waals surface area contributed by atoms with Crippen molar-refractivity contribution in [3.63, 3.8) is 0 Å². The van der Waals surface area contributed by atoms with E-state index in [2.05, 4.69) is 5.32 Å². The average Bonchev–Trinajstić information content (AvgIpc) is 2.53. The molecule has 2 rings (SSSR count). The molecule has 0 saturated heterocycles. The number of allylic oxidation sites excluding steroid dienone is 1. The van der Waals surface area contributed by atoms with Crippen molar-refractivity contribution >= 4 is 17.2 Å². The van der Waals surface area contributed by atoms with Crippen molar-refractivity contribution in [3.05, 3.63) is 35.4 Å². The van der Waals surface area contributed by atoms with Crippen molar-refractivity contribution < 1.29 is 4.79 Å². The van der Waals surface area contributed by atoms with Crippen LogP contribution in [0.25, 0.3) is 5.57 Å². The van der Waals surface area contributed by atoms with E-state index in [0.29, 0.717) is 11.1 Å². The number of nitrogens with one attached hydrogen (secondary N) is 1. The van der Waals surface area contributed by atoms with Crippen molar-refractivity contribution in [3.8, 4) is 6.07 Å². The number of hydrogen-bond acceptors (Lipinski definition) is 2. The van der Waals surface area contributed by atoms with Crippen LogP contribution in [0, 0.1) is 11.3 Å². The first-order valence-corrected chi connectivity index (χ1v) is 4.26. The molecule has 3 heteroatoms. The smallest absolute Gasteiger partial charge is 0.257 e. The largest absolute Gasteiger partial charge is 0.321 e. The van der Waals surface area contributed by atoms with Gasteiger partial charge in [0.1, 0.15) is 0 Å². The Labute approximate surface area is 81.7 Å². The lowest BCUT2D eigenvalue weighted by Gasteiger charge is -1.96. The van der Waals surface area contributed by atoms with E-state index in [0.717, 1.165) is 11.3 Å². The summed E-state index contributed by atoms with van der Waals surface area (Å²) in [7, 11) is 0. The number of benzene rings is 1. The Morgan fingerprint density at radius 1 is 1.43 bits per heavy atom. The zero-order valence-electron chi connectivity index (χ0n) is 7.66. The Morgan fingerprint density at radius 2 is 2.14 bits per heavy atom. The number of hydrogen-bond donors (Lipinski definition) is 1. The van der Waals surface area contributed by atoms with E-state index in [1.165, 1.54) is 0 Å². The first kappa shape index (κ1) is 8.52. The fourth-order valence-corrected chi connectivity index (χ4v) is 1.55. The SMILES string of the molecule is C/C(C#N)=C1\C(=O)Nc2ccccc21. The van der Waals surface area contributed by atoms with E-state index >= 15 is 0 Å². The van der Waals surface area contributed by atoms with E-state index in [1.807, 2.05) is 30.3 Å². The topological polar surface area (TPSA) is 52.9 Å². The maximum absolute atomic E-state index is 11.5. The highest BCUT2D eigenvalue weighted by atomic mass is 16.2. The van der Waals surface area contributed by atoms with Crippen molar-refractivity contribution in [1.82, 2.24) is 0 Å². The molecule has 0 atom stereocenters. The molecule has 0 saturated carbocycles. The number of nitriles is 1. The van der Waals surface area contributed by atoms with Crippen LogP contribution in [-0.4, -0.2) is 5.91 Å². The van der Waals surface area contributed by atoms with Crippen molar-refractivity contribution in [1.29, 1.82) is 5.26 Å². The van der Waals surface area contributed by atoms with Gasteiger partial charge in [-0.15, -0.1) is 0 Å². The molecule has 0 radical (unpaired) electrons. The van der Waals surface area contributed by atoms with Crippen LogP contribution in [0.5, 0.6) is 0 Å². The molecule has 0 aliphatic carbocycles. The standard InChI is InChI=1S/C11H8N2O/c1-7(6-12)10-8-4-2-3-5-9(8)13-11(10)14/h2-5H,1H3,(H,13,14)/b10-7+. The Balaban J connectivity index is 2.68. The first-order valence-electron chi connectivity index (χ1n) is 4.26. The molecule has 0 bridgehead atoms. The van der Waals surface area contributed by atoms with Gasteiger partial charge in [0.05, 0.1) is 11.6 Å². The summed E-state index contributed by atoms with van der Waals surface area (Å²) in [4.78, 5) is 11.5. The van der Waals surface area contributed by atoms with Gasteiger partial charge in [0.2, 0.25) is 0 Å².